The third-order valence-electron chi connectivity index (χ3n) is 3.68. The fourth-order valence-electron chi connectivity index (χ4n) is 2.95. The number of hydrogen-bond donors (Lipinski definition) is 0. The Labute approximate surface area is 116 Å². The highest BCUT2D eigenvalue weighted by molar-refractivity contribution is 5.86. The average Bonchev–Trinajstić information content (AvgIpc) is 2.65. The zero-order valence-electron chi connectivity index (χ0n) is 12.1. The van der Waals surface area contributed by atoms with E-state index in [1.165, 1.54) is 22.3 Å². The lowest BCUT2D eigenvalue weighted by Gasteiger charge is -2.24. The number of rotatable bonds is 0. The number of allylic oxidation sites excluding steroid dienone is 2. The fraction of sp³-hybridized carbons (Fsp3) is 0.389. The van der Waals surface area contributed by atoms with Crippen LogP contribution in [0.25, 0.3) is 12.2 Å². The highest BCUT2D eigenvalue weighted by Crippen LogP contribution is 2.35. The second-order valence-corrected chi connectivity index (χ2v) is 5.00. The van der Waals surface area contributed by atoms with E-state index in [0.717, 1.165) is 6.42 Å². The molecule has 2 aliphatic rings. The summed E-state index contributed by atoms with van der Waals surface area (Å²) in [6.07, 6.45) is 11.1. The summed E-state index contributed by atoms with van der Waals surface area (Å²) in [5.41, 5.74) is 5.24. The van der Waals surface area contributed by atoms with Crippen LogP contribution >= 0.6 is 0 Å². The summed E-state index contributed by atoms with van der Waals surface area (Å²) in [6.45, 7) is 6.17. The first-order chi connectivity index (χ1) is 9.25. The van der Waals surface area contributed by atoms with E-state index < -0.39 is 0 Å². The van der Waals surface area contributed by atoms with E-state index >= 15 is 0 Å². The minimum absolute atomic E-state index is 0.359. The lowest BCUT2D eigenvalue weighted by atomic mass is 9.79. The van der Waals surface area contributed by atoms with Crippen LogP contribution in [-0.2, 0) is 11.2 Å². The molecule has 0 heterocycles. The molecule has 19 heavy (non-hydrogen) atoms. The van der Waals surface area contributed by atoms with Gasteiger partial charge in [-0.25, -0.2) is 0 Å². The third-order valence-corrected chi connectivity index (χ3v) is 3.68. The van der Waals surface area contributed by atoms with Gasteiger partial charge < -0.3 is 0 Å². The monoisotopic (exact) mass is 254 g/mol. The van der Waals surface area contributed by atoms with Gasteiger partial charge >= 0.3 is 0 Å². The van der Waals surface area contributed by atoms with Crippen molar-refractivity contribution in [1.82, 2.24) is 0 Å². The van der Waals surface area contributed by atoms with Gasteiger partial charge in [-0.1, -0.05) is 57.2 Å². The first-order valence-corrected chi connectivity index (χ1v) is 7.26. The zero-order chi connectivity index (χ0) is 13.8. The Hall–Kier alpha value is -1.63. The molecule has 1 nitrogen and oxygen atoms in total. The van der Waals surface area contributed by atoms with Crippen molar-refractivity contribution in [1.29, 1.82) is 0 Å². The molecule has 1 heteroatoms. The molecule has 0 N–H and O–H groups in total. The number of carbonyl (C=O) groups is 1. The Balaban J connectivity index is 0.000000637. The SMILES string of the molecule is CC.CC1CC(=O)Cc2ccc3c(c21)C=CCC=C3. The molecule has 0 aliphatic heterocycles. The molecule has 1 unspecified atom stereocenters. The summed E-state index contributed by atoms with van der Waals surface area (Å²) in [4.78, 5) is 11.6. The van der Waals surface area contributed by atoms with E-state index in [1.807, 2.05) is 13.8 Å². The standard InChI is InChI=1S/C16H16O.C2H6/c1-11-9-14(17)10-13-8-7-12-5-3-2-4-6-15(12)16(11)13;1-2/h3-8,11H,2,9-10H2,1H3;1-2H3. The summed E-state index contributed by atoms with van der Waals surface area (Å²) < 4.78 is 0. The molecule has 0 aromatic heterocycles. The first kappa shape index (κ1) is 13.8. The van der Waals surface area contributed by atoms with Crippen LogP contribution < -0.4 is 0 Å². The summed E-state index contributed by atoms with van der Waals surface area (Å²) >= 11 is 0. The Kier molecular flexibility index (Phi) is 4.36. The van der Waals surface area contributed by atoms with Crippen LogP contribution in [0.5, 0.6) is 0 Å². The van der Waals surface area contributed by atoms with Crippen LogP contribution in [0, 0.1) is 0 Å². The predicted molar refractivity (Wildman–Crippen MR) is 82.2 cm³/mol. The minimum atomic E-state index is 0.359. The zero-order valence-corrected chi connectivity index (χ0v) is 12.1. The Morgan fingerprint density at radius 2 is 1.84 bits per heavy atom. The topological polar surface area (TPSA) is 17.1 Å². The molecule has 1 aromatic rings. The van der Waals surface area contributed by atoms with Gasteiger partial charge in [-0.2, -0.15) is 0 Å². The molecule has 0 bridgehead atoms. The smallest absolute Gasteiger partial charge is 0.137 e. The van der Waals surface area contributed by atoms with Crippen LogP contribution in [-0.4, -0.2) is 5.78 Å². The predicted octanol–water partition coefficient (Wildman–Crippen LogP) is 4.76. The molecule has 2 aliphatic carbocycles. The maximum atomic E-state index is 11.6. The second kappa shape index (κ2) is 6.01. The van der Waals surface area contributed by atoms with E-state index in [4.69, 9.17) is 0 Å². The highest BCUT2D eigenvalue weighted by Gasteiger charge is 2.24. The maximum Gasteiger partial charge on any atom is 0.137 e. The molecule has 0 spiro atoms. The van der Waals surface area contributed by atoms with Crippen molar-refractivity contribution in [3.8, 4) is 0 Å². The fourth-order valence-corrected chi connectivity index (χ4v) is 2.95. The molecule has 1 aromatic carbocycles. The van der Waals surface area contributed by atoms with E-state index in [9.17, 15) is 4.79 Å². The Morgan fingerprint density at radius 1 is 1.11 bits per heavy atom. The van der Waals surface area contributed by atoms with Crippen molar-refractivity contribution < 1.29 is 4.79 Å². The third kappa shape index (κ3) is 2.70. The van der Waals surface area contributed by atoms with E-state index in [1.54, 1.807) is 0 Å². The maximum absolute atomic E-state index is 11.6. The van der Waals surface area contributed by atoms with E-state index in [-0.39, 0.29) is 0 Å². The van der Waals surface area contributed by atoms with Crippen molar-refractivity contribution in [2.75, 3.05) is 0 Å². The van der Waals surface area contributed by atoms with Gasteiger partial charge in [0.1, 0.15) is 5.78 Å². The van der Waals surface area contributed by atoms with E-state index in [2.05, 4.69) is 43.4 Å². The number of carbonyl (C=O) groups excluding carboxylic acids is 1. The van der Waals surface area contributed by atoms with Gasteiger partial charge in [-0.3, -0.25) is 4.79 Å². The summed E-state index contributed by atoms with van der Waals surface area (Å²) in [6, 6.07) is 4.27. The molecular formula is C18H22O. The number of hydrogen-bond acceptors (Lipinski definition) is 1. The molecule has 100 valence electrons. The molecule has 0 saturated heterocycles. The second-order valence-electron chi connectivity index (χ2n) is 5.00. The van der Waals surface area contributed by atoms with Gasteiger partial charge in [0.2, 0.25) is 0 Å². The van der Waals surface area contributed by atoms with E-state index in [0.29, 0.717) is 24.5 Å². The van der Waals surface area contributed by atoms with Gasteiger partial charge in [-0.15, -0.1) is 0 Å². The average molecular weight is 254 g/mol. The summed E-state index contributed by atoms with van der Waals surface area (Å²) in [5.74, 6) is 0.732. The first-order valence-electron chi connectivity index (χ1n) is 7.26. The quantitative estimate of drug-likeness (QED) is 0.652. The minimum Gasteiger partial charge on any atom is -0.299 e. The van der Waals surface area contributed by atoms with Gasteiger partial charge in [0, 0.05) is 12.8 Å². The summed E-state index contributed by atoms with van der Waals surface area (Å²) in [5, 5.41) is 0. The normalized spacial score (nSPS) is 19.9. The van der Waals surface area contributed by atoms with Crippen molar-refractivity contribution >= 4 is 17.9 Å². The highest BCUT2D eigenvalue weighted by atomic mass is 16.1. The van der Waals surface area contributed by atoms with Crippen LogP contribution in [0.4, 0.5) is 0 Å². The van der Waals surface area contributed by atoms with Gasteiger partial charge in [0.05, 0.1) is 0 Å². The van der Waals surface area contributed by atoms with Crippen LogP contribution in [0.3, 0.4) is 0 Å². The van der Waals surface area contributed by atoms with Gasteiger partial charge in [-0.05, 0) is 34.6 Å². The summed E-state index contributed by atoms with van der Waals surface area (Å²) in [7, 11) is 0. The number of Topliss-reactive ketones (excluding diaryl/α,β-unsaturated/α-hetero) is 1. The van der Waals surface area contributed by atoms with Crippen molar-refractivity contribution in [3.05, 3.63) is 46.5 Å². The number of ketones is 1. The lowest BCUT2D eigenvalue weighted by Crippen LogP contribution is -2.18. The van der Waals surface area contributed by atoms with Crippen LogP contribution in [0.2, 0.25) is 0 Å². The van der Waals surface area contributed by atoms with Crippen molar-refractivity contribution in [2.45, 2.75) is 46.0 Å². The molecule has 0 fully saturated rings. The molecule has 1 atom stereocenters. The molecule has 0 radical (unpaired) electrons. The Bertz CT molecular complexity index is 535. The molecule has 0 amide bonds. The lowest BCUT2D eigenvalue weighted by molar-refractivity contribution is -0.119. The number of fused-ring (bicyclic) bond motifs is 3. The molecule has 3 rings (SSSR count). The number of benzene rings is 1. The van der Waals surface area contributed by atoms with Crippen LogP contribution in [0.15, 0.2) is 24.3 Å². The van der Waals surface area contributed by atoms with Crippen LogP contribution in [0.1, 0.15) is 61.8 Å². The van der Waals surface area contributed by atoms with Gasteiger partial charge in [0.15, 0.2) is 0 Å². The van der Waals surface area contributed by atoms with Crippen molar-refractivity contribution in [2.24, 2.45) is 0 Å². The van der Waals surface area contributed by atoms with Crippen molar-refractivity contribution in [3.63, 3.8) is 0 Å². The largest absolute Gasteiger partial charge is 0.299 e. The molecular weight excluding hydrogens is 232 g/mol. The van der Waals surface area contributed by atoms with Gasteiger partial charge in [0.25, 0.3) is 0 Å². The molecule has 0 saturated carbocycles. The Morgan fingerprint density at radius 3 is 2.63 bits per heavy atom.